The van der Waals surface area contributed by atoms with Crippen LogP contribution >= 0.6 is 0 Å². The summed E-state index contributed by atoms with van der Waals surface area (Å²) < 4.78 is 0. The number of nitrogen functional groups attached to an aromatic ring is 1. The van der Waals surface area contributed by atoms with Crippen molar-refractivity contribution in [2.75, 3.05) is 17.6 Å². The van der Waals surface area contributed by atoms with E-state index in [1.165, 1.54) is 19.3 Å². The molecule has 1 aliphatic rings. The molecular weight excluding hydrogens is 234 g/mol. The quantitative estimate of drug-likeness (QED) is 0.823. The van der Waals surface area contributed by atoms with Gasteiger partial charge in [0.1, 0.15) is 5.82 Å². The zero-order chi connectivity index (χ0) is 13.2. The van der Waals surface area contributed by atoms with Gasteiger partial charge in [0.25, 0.3) is 0 Å². The van der Waals surface area contributed by atoms with Crippen molar-refractivity contribution < 1.29 is 0 Å². The number of benzene rings is 1. The Bertz CT molecular complexity index is 579. The van der Waals surface area contributed by atoms with Crippen molar-refractivity contribution in [2.24, 2.45) is 11.8 Å². The highest BCUT2D eigenvalue weighted by Crippen LogP contribution is 2.30. The molecule has 1 aromatic heterocycles. The molecule has 3 nitrogen and oxygen atoms in total. The van der Waals surface area contributed by atoms with Gasteiger partial charge in [-0.3, -0.25) is 0 Å². The number of hydrogen-bond acceptors (Lipinski definition) is 3. The molecule has 0 radical (unpaired) electrons. The largest absolute Gasteiger partial charge is 0.399 e. The third-order valence-corrected chi connectivity index (χ3v) is 4.09. The maximum atomic E-state index is 5.77. The highest BCUT2D eigenvalue weighted by Gasteiger charge is 2.20. The van der Waals surface area contributed by atoms with Gasteiger partial charge in [-0.2, -0.15) is 0 Å². The summed E-state index contributed by atoms with van der Waals surface area (Å²) in [5.74, 6) is 2.66. The fourth-order valence-electron chi connectivity index (χ4n) is 3.00. The Morgan fingerprint density at radius 2 is 2.16 bits per heavy atom. The van der Waals surface area contributed by atoms with Gasteiger partial charge in [0.05, 0.1) is 5.52 Å². The molecule has 3 N–H and O–H groups in total. The number of fused-ring (bicyclic) bond motifs is 1. The molecule has 1 aliphatic carbocycles. The summed E-state index contributed by atoms with van der Waals surface area (Å²) in [6, 6.07) is 9.97. The van der Waals surface area contributed by atoms with E-state index in [4.69, 9.17) is 5.73 Å². The van der Waals surface area contributed by atoms with Gasteiger partial charge in [-0.05, 0) is 55.0 Å². The molecule has 0 bridgehead atoms. The number of nitrogens with zero attached hydrogens (tertiary/aromatic N) is 1. The van der Waals surface area contributed by atoms with Crippen LogP contribution in [0, 0.1) is 11.8 Å². The topological polar surface area (TPSA) is 50.9 Å². The summed E-state index contributed by atoms with van der Waals surface area (Å²) in [5.41, 5.74) is 7.56. The van der Waals surface area contributed by atoms with Crippen molar-refractivity contribution >= 4 is 22.4 Å². The minimum atomic E-state index is 0.787. The molecule has 100 valence electrons. The highest BCUT2D eigenvalue weighted by atomic mass is 15.0. The Morgan fingerprint density at radius 3 is 2.95 bits per heavy atom. The number of pyridine rings is 1. The molecule has 0 aliphatic heterocycles. The van der Waals surface area contributed by atoms with Crippen LogP contribution in [0.5, 0.6) is 0 Å². The van der Waals surface area contributed by atoms with Crippen LogP contribution in [0.4, 0.5) is 11.5 Å². The summed E-state index contributed by atoms with van der Waals surface area (Å²) >= 11 is 0. The predicted molar refractivity (Wildman–Crippen MR) is 81.2 cm³/mol. The highest BCUT2D eigenvalue weighted by molar-refractivity contribution is 5.83. The lowest BCUT2D eigenvalue weighted by molar-refractivity contribution is 0.536. The minimum absolute atomic E-state index is 0.787. The van der Waals surface area contributed by atoms with Gasteiger partial charge in [-0.1, -0.05) is 13.3 Å². The standard InChI is InChI=1S/C16H21N3/c1-11-2-3-12(8-11)10-18-16-7-4-13-9-14(17)5-6-15(13)19-16/h4-7,9,11-12H,2-3,8,10,17H2,1H3,(H,18,19). The fraction of sp³-hybridized carbons (Fsp3) is 0.438. The second-order valence-electron chi connectivity index (χ2n) is 5.81. The van der Waals surface area contributed by atoms with E-state index in [0.29, 0.717) is 0 Å². The number of anilines is 2. The van der Waals surface area contributed by atoms with Crippen LogP contribution in [-0.2, 0) is 0 Å². The van der Waals surface area contributed by atoms with Crippen LogP contribution in [0.3, 0.4) is 0 Å². The van der Waals surface area contributed by atoms with Gasteiger partial charge in [-0.15, -0.1) is 0 Å². The Balaban J connectivity index is 1.69. The molecular formula is C16H21N3. The lowest BCUT2D eigenvalue weighted by atomic mass is 10.1. The van der Waals surface area contributed by atoms with Crippen molar-refractivity contribution in [2.45, 2.75) is 26.2 Å². The van der Waals surface area contributed by atoms with Crippen LogP contribution in [-0.4, -0.2) is 11.5 Å². The van der Waals surface area contributed by atoms with E-state index in [1.54, 1.807) is 0 Å². The predicted octanol–water partition coefficient (Wildman–Crippen LogP) is 3.67. The van der Waals surface area contributed by atoms with Crippen molar-refractivity contribution in [3.8, 4) is 0 Å². The van der Waals surface area contributed by atoms with Crippen molar-refractivity contribution in [1.29, 1.82) is 0 Å². The van der Waals surface area contributed by atoms with E-state index >= 15 is 0 Å². The van der Waals surface area contributed by atoms with Crippen LogP contribution in [0.2, 0.25) is 0 Å². The molecule has 0 amide bonds. The number of nitrogens with two attached hydrogens (primary N) is 1. The van der Waals surface area contributed by atoms with Gasteiger partial charge >= 0.3 is 0 Å². The molecule has 3 heteroatoms. The van der Waals surface area contributed by atoms with Crippen LogP contribution in [0.1, 0.15) is 26.2 Å². The van der Waals surface area contributed by atoms with E-state index in [2.05, 4.69) is 23.3 Å². The van der Waals surface area contributed by atoms with Crippen molar-refractivity contribution in [3.63, 3.8) is 0 Å². The normalized spacial score (nSPS) is 22.8. The Labute approximate surface area is 114 Å². The molecule has 0 spiro atoms. The second-order valence-corrected chi connectivity index (χ2v) is 5.81. The van der Waals surface area contributed by atoms with Crippen LogP contribution < -0.4 is 11.1 Å². The molecule has 2 aromatic rings. The summed E-state index contributed by atoms with van der Waals surface area (Å²) in [7, 11) is 0. The monoisotopic (exact) mass is 255 g/mol. The van der Waals surface area contributed by atoms with Gasteiger partial charge in [0.15, 0.2) is 0 Å². The van der Waals surface area contributed by atoms with Crippen LogP contribution in [0.25, 0.3) is 10.9 Å². The SMILES string of the molecule is CC1CCC(CNc2ccc3cc(N)ccc3n2)C1. The molecule has 1 heterocycles. The summed E-state index contributed by atoms with van der Waals surface area (Å²) in [4.78, 5) is 4.63. The van der Waals surface area contributed by atoms with Gasteiger partial charge in [0, 0.05) is 17.6 Å². The molecule has 1 aromatic carbocycles. The van der Waals surface area contributed by atoms with E-state index in [1.807, 2.05) is 24.3 Å². The summed E-state index contributed by atoms with van der Waals surface area (Å²) in [5, 5.41) is 4.57. The maximum Gasteiger partial charge on any atom is 0.126 e. The van der Waals surface area contributed by atoms with Gasteiger partial charge in [0.2, 0.25) is 0 Å². The first-order chi connectivity index (χ1) is 9.20. The summed E-state index contributed by atoms with van der Waals surface area (Å²) in [6.45, 7) is 3.39. The molecule has 2 unspecified atom stereocenters. The van der Waals surface area contributed by atoms with E-state index in [0.717, 1.165) is 40.8 Å². The fourth-order valence-corrected chi connectivity index (χ4v) is 3.00. The van der Waals surface area contributed by atoms with Crippen molar-refractivity contribution in [1.82, 2.24) is 4.98 Å². The number of hydrogen-bond donors (Lipinski definition) is 2. The molecule has 0 saturated heterocycles. The third-order valence-electron chi connectivity index (χ3n) is 4.09. The number of aromatic nitrogens is 1. The van der Waals surface area contributed by atoms with Gasteiger partial charge < -0.3 is 11.1 Å². The number of rotatable bonds is 3. The molecule has 1 fully saturated rings. The first-order valence-corrected chi connectivity index (χ1v) is 7.11. The van der Waals surface area contributed by atoms with Crippen molar-refractivity contribution in [3.05, 3.63) is 30.3 Å². The zero-order valence-electron chi connectivity index (χ0n) is 11.4. The average Bonchev–Trinajstić information content (AvgIpc) is 2.82. The Morgan fingerprint density at radius 1 is 1.26 bits per heavy atom. The molecule has 19 heavy (non-hydrogen) atoms. The lowest BCUT2D eigenvalue weighted by Gasteiger charge is -2.12. The van der Waals surface area contributed by atoms with E-state index in [9.17, 15) is 0 Å². The molecule has 3 rings (SSSR count). The molecule has 2 atom stereocenters. The third kappa shape index (κ3) is 2.80. The zero-order valence-corrected chi connectivity index (χ0v) is 11.4. The lowest BCUT2D eigenvalue weighted by Crippen LogP contribution is -2.12. The summed E-state index contributed by atoms with van der Waals surface area (Å²) in [6.07, 6.45) is 4.06. The Hall–Kier alpha value is -1.77. The minimum Gasteiger partial charge on any atom is -0.399 e. The second kappa shape index (κ2) is 5.08. The first kappa shape index (κ1) is 12.3. The maximum absolute atomic E-state index is 5.77. The Kier molecular flexibility index (Phi) is 3.28. The van der Waals surface area contributed by atoms with E-state index in [-0.39, 0.29) is 0 Å². The smallest absolute Gasteiger partial charge is 0.126 e. The average molecular weight is 255 g/mol. The number of nitrogens with one attached hydrogen (secondary N) is 1. The van der Waals surface area contributed by atoms with Gasteiger partial charge in [-0.25, -0.2) is 4.98 Å². The van der Waals surface area contributed by atoms with Crippen LogP contribution in [0.15, 0.2) is 30.3 Å². The first-order valence-electron chi connectivity index (χ1n) is 7.11. The molecule has 1 saturated carbocycles. The van der Waals surface area contributed by atoms with E-state index < -0.39 is 0 Å².